The van der Waals surface area contributed by atoms with E-state index in [2.05, 4.69) is 11.2 Å². The molecule has 1 aliphatic carbocycles. The Kier molecular flexibility index (Phi) is 1.34. The van der Waals surface area contributed by atoms with Gasteiger partial charge >= 0.3 is 0 Å². The largest absolute Gasteiger partial charge is 0.505 e. The summed E-state index contributed by atoms with van der Waals surface area (Å²) >= 11 is 0. The van der Waals surface area contributed by atoms with E-state index in [1.165, 1.54) is 12.4 Å². The van der Waals surface area contributed by atoms with Crippen LogP contribution in [0.5, 0.6) is 5.75 Å². The van der Waals surface area contributed by atoms with Gasteiger partial charge in [0.1, 0.15) is 5.54 Å². The molecule has 4 nitrogen and oxygen atoms in total. The Bertz CT molecular complexity index is 332. The smallest absolute Gasteiger partial charge is 0.153 e. The maximum atomic E-state index is 9.04. The highest BCUT2D eigenvalue weighted by atomic mass is 16.3. The van der Waals surface area contributed by atoms with Crippen LogP contribution in [0.15, 0.2) is 12.4 Å². The summed E-state index contributed by atoms with van der Waals surface area (Å²) in [5.41, 5.74) is -0.471. The third-order valence-electron chi connectivity index (χ3n) is 2.40. The summed E-state index contributed by atoms with van der Waals surface area (Å²) in [5, 5.41) is 21.9. The van der Waals surface area contributed by atoms with Crippen molar-refractivity contribution in [2.24, 2.45) is 0 Å². The van der Waals surface area contributed by atoms with Gasteiger partial charge in [-0.25, -0.2) is 4.68 Å². The number of nitrogens with zero attached hydrogens (tertiary/aromatic N) is 3. The first-order valence-electron chi connectivity index (χ1n) is 3.92. The quantitative estimate of drug-likeness (QED) is 0.671. The molecule has 0 atom stereocenters. The molecule has 1 fully saturated rings. The minimum absolute atomic E-state index is 0.122. The first kappa shape index (κ1) is 7.17. The van der Waals surface area contributed by atoms with Crippen molar-refractivity contribution in [3.05, 3.63) is 12.4 Å². The summed E-state index contributed by atoms with van der Waals surface area (Å²) in [5.74, 6) is 0.122. The predicted molar refractivity (Wildman–Crippen MR) is 41.3 cm³/mol. The van der Waals surface area contributed by atoms with E-state index in [0.29, 0.717) is 0 Å². The summed E-state index contributed by atoms with van der Waals surface area (Å²) in [7, 11) is 0. The Labute approximate surface area is 70.0 Å². The van der Waals surface area contributed by atoms with Crippen LogP contribution in [0.1, 0.15) is 19.3 Å². The minimum Gasteiger partial charge on any atom is -0.505 e. The fraction of sp³-hybridized carbons (Fsp3) is 0.500. The molecule has 1 saturated carbocycles. The monoisotopic (exact) mass is 163 g/mol. The third kappa shape index (κ3) is 0.797. The summed E-state index contributed by atoms with van der Waals surface area (Å²) < 4.78 is 1.56. The molecule has 1 heterocycles. The fourth-order valence-corrected chi connectivity index (χ4v) is 1.45. The first-order chi connectivity index (χ1) is 5.77. The van der Waals surface area contributed by atoms with Crippen molar-refractivity contribution in [1.82, 2.24) is 9.78 Å². The zero-order chi connectivity index (χ0) is 8.60. The van der Waals surface area contributed by atoms with Gasteiger partial charge in [-0.3, -0.25) is 0 Å². The molecule has 0 aliphatic heterocycles. The zero-order valence-corrected chi connectivity index (χ0v) is 6.56. The molecule has 0 amide bonds. The summed E-state index contributed by atoms with van der Waals surface area (Å²) in [6, 6.07) is 2.23. The van der Waals surface area contributed by atoms with Gasteiger partial charge in [0.15, 0.2) is 5.75 Å². The van der Waals surface area contributed by atoms with E-state index < -0.39 is 5.54 Å². The average Bonchev–Trinajstić information content (AvgIpc) is 2.35. The van der Waals surface area contributed by atoms with Crippen LogP contribution in [0, 0.1) is 11.3 Å². The van der Waals surface area contributed by atoms with E-state index in [1.54, 1.807) is 4.68 Å². The minimum atomic E-state index is -0.471. The number of nitriles is 1. The SMILES string of the molecule is N#CC1(n2cc(O)cn2)CCC1. The van der Waals surface area contributed by atoms with Gasteiger partial charge in [-0.05, 0) is 19.3 Å². The van der Waals surface area contributed by atoms with Crippen LogP contribution in [0.2, 0.25) is 0 Å². The Morgan fingerprint density at radius 3 is 2.75 bits per heavy atom. The molecule has 0 saturated heterocycles. The lowest BCUT2D eigenvalue weighted by molar-refractivity contribution is 0.196. The first-order valence-corrected chi connectivity index (χ1v) is 3.92. The number of aromatic hydroxyl groups is 1. The van der Waals surface area contributed by atoms with Crippen molar-refractivity contribution in [3.63, 3.8) is 0 Å². The number of rotatable bonds is 1. The molecule has 2 rings (SSSR count). The van der Waals surface area contributed by atoms with Gasteiger partial charge in [0, 0.05) is 0 Å². The maximum absolute atomic E-state index is 9.04. The van der Waals surface area contributed by atoms with Crippen molar-refractivity contribution in [2.75, 3.05) is 0 Å². The van der Waals surface area contributed by atoms with E-state index in [9.17, 15) is 0 Å². The molecule has 4 heteroatoms. The molecular weight excluding hydrogens is 154 g/mol. The number of aromatic nitrogens is 2. The molecular formula is C8H9N3O. The van der Waals surface area contributed by atoms with E-state index in [-0.39, 0.29) is 5.75 Å². The topological polar surface area (TPSA) is 61.8 Å². The second kappa shape index (κ2) is 2.24. The zero-order valence-electron chi connectivity index (χ0n) is 6.56. The fourth-order valence-electron chi connectivity index (χ4n) is 1.45. The lowest BCUT2D eigenvalue weighted by atomic mass is 9.78. The Morgan fingerprint density at radius 1 is 1.67 bits per heavy atom. The Morgan fingerprint density at radius 2 is 2.42 bits per heavy atom. The number of hydrogen-bond donors (Lipinski definition) is 1. The molecule has 1 aliphatic rings. The highest BCUT2D eigenvalue weighted by Gasteiger charge is 2.39. The second-order valence-corrected chi connectivity index (χ2v) is 3.14. The van der Waals surface area contributed by atoms with E-state index in [1.807, 2.05) is 0 Å². The van der Waals surface area contributed by atoms with Crippen molar-refractivity contribution >= 4 is 0 Å². The maximum Gasteiger partial charge on any atom is 0.153 e. The standard InChI is InChI=1S/C8H9N3O/c9-6-8(2-1-3-8)11-5-7(12)4-10-11/h4-5,12H,1-3H2. The molecule has 0 unspecified atom stereocenters. The highest BCUT2D eigenvalue weighted by Crippen LogP contribution is 2.38. The summed E-state index contributed by atoms with van der Waals surface area (Å²) in [6.07, 6.45) is 5.60. The van der Waals surface area contributed by atoms with Crippen molar-refractivity contribution < 1.29 is 5.11 Å². The lowest BCUT2D eigenvalue weighted by Gasteiger charge is -2.34. The molecule has 1 N–H and O–H groups in total. The molecule has 12 heavy (non-hydrogen) atoms. The average molecular weight is 163 g/mol. The van der Waals surface area contributed by atoms with E-state index in [0.717, 1.165) is 19.3 Å². The van der Waals surface area contributed by atoms with Crippen LogP contribution < -0.4 is 0 Å². The number of hydrogen-bond acceptors (Lipinski definition) is 3. The Balaban J connectivity index is 2.35. The third-order valence-corrected chi connectivity index (χ3v) is 2.40. The summed E-state index contributed by atoms with van der Waals surface area (Å²) in [6.45, 7) is 0. The van der Waals surface area contributed by atoms with E-state index in [4.69, 9.17) is 10.4 Å². The van der Waals surface area contributed by atoms with Crippen molar-refractivity contribution in [3.8, 4) is 11.8 Å². The second-order valence-electron chi connectivity index (χ2n) is 3.14. The van der Waals surface area contributed by atoms with Gasteiger partial charge < -0.3 is 5.11 Å². The van der Waals surface area contributed by atoms with Crippen LogP contribution in [0.4, 0.5) is 0 Å². The van der Waals surface area contributed by atoms with Gasteiger partial charge in [0.2, 0.25) is 0 Å². The van der Waals surface area contributed by atoms with Crippen LogP contribution in [-0.4, -0.2) is 14.9 Å². The van der Waals surface area contributed by atoms with Crippen LogP contribution in [0.25, 0.3) is 0 Å². The van der Waals surface area contributed by atoms with Crippen molar-refractivity contribution in [1.29, 1.82) is 5.26 Å². The molecule has 1 aromatic heterocycles. The van der Waals surface area contributed by atoms with Crippen LogP contribution >= 0.6 is 0 Å². The predicted octanol–water partition coefficient (Wildman–Crippen LogP) is 0.991. The lowest BCUT2D eigenvalue weighted by Crippen LogP contribution is -2.39. The molecule has 0 bridgehead atoms. The molecule has 1 aromatic rings. The molecule has 0 radical (unpaired) electrons. The molecule has 0 spiro atoms. The van der Waals surface area contributed by atoms with Crippen LogP contribution in [-0.2, 0) is 5.54 Å². The van der Waals surface area contributed by atoms with Gasteiger partial charge in [-0.1, -0.05) is 0 Å². The van der Waals surface area contributed by atoms with Crippen molar-refractivity contribution in [2.45, 2.75) is 24.8 Å². The van der Waals surface area contributed by atoms with Gasteiger partial charge in [-0.2, -0.15) is 10.4 Å². The van der Waals surface area contributed by atoms with Gasteiger partial charge in [0.25, 0.3) is 0 Å². The van der Waals surface area contributed by atoms with Gasteiger partial charge in [0.05, 0.1) is 18.5 Å². The Hall–Kier alpha value is -1.50. The molecule has 0 aromatic carbocycles. The van der Waals surface area contributed by atoms with E-state index >= 15 is 0 Å². The summed E-state index contributed by atoms with van der Waals surface area (Å²) in [4.78, 5) is 0. The normalized spacial score (nSPS) is 19.6. The van der Waals surface area contributed by atoms with Crippen LogP contribution in [0.3, 0.4) is 0 Å². The van der Waals surface area contributed by atoms with Gasteiger partial charge in [-0.15, -0.1) is 0 Å². The molecule has 62 valence electrons. The highest BCUT2D eigenvalue weighted by molar-refractivity contribution is 5.16.